The summed E-state index contributed by atoms with van der Waals surface area (Å²) >= 11 is 0. The predicted molar refractivity (Wildman–Crippen MR) is 60.0 cm³/mol. The van der Waals surface area contributed by atoms with Crippen LogP contribution in [0.25, 0.3) is 0 Å². The van der Waals surface area contributed by atoms with E-state index in [1.54, 1.807) is 0 Å². The number of rotatable bonds is 3. The average molecular weight is 253 g/mol. The van der Waals surface area contributed by atoms with Crippen LogP contribution in [0.4, 0.5) is 10.1 Å². The summed E-state index contributed by atoms with van der Waals surface area (Å²) in [5.41, 5.74) is -0.209. The van der Waals surface area contributed by atoms with E-state index in [1.807, 2.05) is 0 Å². The second-order valence-corrected chi connectivity index (χ2v) is 4.64. The second-order valence-electron chi connectivity index (χ2n) is 4.64. The van der Waals surface area contributed by atoms with Gasteiger partial charge in [-0.3, -0.25) is 10.1 Å². The molecule has 3 rings (SSSR count). The molecule has 2 bridgehead atoms. The Morgan fingerprint density at radius 1 is 1.44 bits per heavy atom. The largest absolute Gasteiger partial charge is 0.481 e. The van der Waals surface area contributed by atoms with E-state index in [-0.39, 0.29) is 29.7 Å². The fourth-order valence-corrected chi connectivity index (χ4v) is 2.61. The van der Waals surface area contributed by atoms with E-state index in [9.17, 15) is 14.5 Å². The molecule has 0 radical (unpaired) electrons. The summed E-state index contributed by atoms with van der Waals surface area (Å²) in [6.07, 6.45) is 2.60. The summed E-state index contributed by atoms with van der Waals surface area (Å²) in [6.45, 7) is 0. The standard InChI is InChI=1S/C12H12FNO4/c13-7-1-3-9(14(15)16)11(5-7)18-12-6-8-2-4-10(12)17-8/h1,3,5,8,10,12H,2,4,6H2. The zero-order valence-corrected chi connectivity index (χ0v) is 9.54. The Kier molecular flexibility index (Phi) is 2.66. The Morgan fingerprint density at radius 3 is 2.89 bits per heavy atom. The first-order chi connectivity index (χ1) is 8.63. The minimum absolute atomic E-state index is 0.0128. The van der Waals surface area contributed by atoms with Gasteiger partial charge in [0.15, 0.2) is 5.75 Å². The zero-order chi connectivity index (χ0) is 12.7. The van der Waals surface area contributed by atoms with E-state index in [1.165, 1.54) is 0 Å². The fourth-order valence-electron chi connectivity index (χ4n) is 2.61. The van der Waals surface area contributed by atoms with Crippen LogP contribution >= 0.6 is 0 Å². The van der Waals surface area contributed by atoms with Gasteiger partial charge >= 0.3 is 5.69 Å². The van der Waals surface area contributed by atoms with Gasteiger partial charge in [-0.1, -0.05) is 0 Å². The summed E-state index contributed by atoms with van der Waals surface area (Å²) in [7, 11) is 0. The number of hydrogen-bond donors (Lipinski definition) is 0. The summed E-state index contributed by atoms with van der Waals surface area (Å²) in [6, 6.07) is 3.24. The maximum absolute atomic E-state index is 13.1. The molecule has 2 saturated heterocycles. The lowest BCUT2D eigenvalue weighted by molar-refractivity contribution is -0.386. The second kappa shape index (κ2) is 4.20. The van der Waals surface area contributed by atoms with Gasteiger partial charge in [0, 0.05) is 18.6 Å². The molecule has 0 aromatic heterocycles. The third kappa shape index (κ3) is 1.92. The van der Waals surface area contributed by atoms with Gasteiger partial charge in [-0.05, 0) is 18.9 Å². The zero-order valence-electron chi connectivity index (χ0n) is 9.54. The van der Waals surface area contributed by atoms with Gasteiger partial charge in [0.1, 0.15) is 11.9 Å². The number of nitro groups is 1. The molecule has 2 aliphatic heterocycles. The van der Waals surface area contributed by atoms with Crippen LogP contribution in [0.15, 0.2) is 18.2 Å². The molecule has 0 N–H and O–H groups in total. The molecule has 0 amide bonds. The maximum Gasteiger partial charge on any atom is 0.311 e. The average Bonchev–Trinajstić information content (AvgIpc) is 2.90. The molecule has 3 unspecified atom stereocenters. The number of nitro benzene ring substituents is 1. The highest BCUT2D eigenvalue weighted by molar-refractivity contribution is 5.46. The highest BCUT2D eigenvalue weighted by Gasteiger charge is 2.42. The number of fused-ring (bicyclic) bond motifs is 2. The van der Waals surface area contributed by atoms with Crippen LogP contribution in [0.1, 0.15) is 19.3 Å². The van der Waals surface area contributed by atoms with E-state index in [4.69, 9.17) is 9.47 Å². The van der Waals surface area contributed by atoms with Crippen molar-refractivity contribution < 1.29 is 18.8 Å². The van der Waals surface area contributed by atoms with Crippen molar-refractivity contribution in [2.75, 3.05) is 0 Å². The molecule has 18 heavy (non-hydrogen) atoms. The lowest BCUT2D eigenvalue weighted by Crippen LogP contribution is -2.28. The number of halogens is 1. The SMILES string of the molecule is O=[N+]([O-])c1ccc(F)cc1OC1CC2CCC1O2. The number of nitrogens with zero attached hydrogens (tertiary/aromatic N) is 1. The fraction of sp³-hybridized carbons (Fsp3) is 0.500. The molecule has 6 heteroatoms. The molecule has 1 aromatic carbocycles. The molecule has 2 fully saturated rings. The first-order valence-corrected chi connectivity index (χ1v) is 5.89. The Hall–Kier alpha value is -1.69. The summed E-state index contributed by atoms with van der Waals surface area (Å²) in [5.74, 6) is -0.555. The number of benzene rings is 1. The number of ether oxygens (including phenoxy) is 2. The van der Waals surface area contributed by atoms with Crippen molar-refractivity contribution in [1.29, 1.82) is 0 Å². The van der Waals surface area contributed by atoms with E-state index >= 15 is 0 Å². The minimum atomic E-state index is -0.567. The molecule has 3 atom stereocenters. The molecule has 0 spiro atoms. The maximum atomic E-state index is 13.1. The highest BCUT2D eigenvalue weighted by Crippen LogP contribution is 2.38. The molecule has 96 valence electrons. The lowest BCUT2D eigenvalue weighted by Gasteiger charge is -2.20. The van der Waals surface area contributed by atoms with Gasteiger partial charge in [-0.25, -0.2) is 4.39 Å². The van der Waals surface area contributed by atoms with Gasteiger partial charge in [-0.15, -0.1) is 0 Å². The first kappa shape index (κ1) is 11.4. The molecule has 5 nitrogen and oxygen atoms in total. The van der Waals surface area contributed by atoms with Crippen molar-refractivity contribution in [1.82, 2.24) is 0 Å². The third-order valence-electron chi connectivity index (χ3n) is 3.45. The van der Waals surface area contributed by atoms with Crippen LogP contribution < -0.4 is 4.74 Å². The third-order valence-corrected chi connectivity index (χ3v) is 3.45. The van der Waals surface area contributed by atoms with E-state index in [2.05, 4.69) is 0 Å². The van der Waals surface area contributed by atoms with Gasteiger partial charge < -0.3 is 9.47 Å². The van der Waals surface area contributed by atoms with Gasteiger partial charge in [0.25, 0.3) is 0 Å². The Morgan fingerprint density at radius 2 is 2.28 bits per heavy atom. The topological polar surface area (TPSA) is 61.6 Å². The Balaban J connectivity index is 1.83. The van der Waals surface area contributed by atoms with Crippen LogP contribution in [0.3, 0.4) is 0 Å². The summed E-state index contributed by atoms with van der Waals surface area (Å²) in [5, 5.41) is 10.8. The van der Waals surface area contributed by atoms with Crippen LogP contribution in [-0.2, 0) is 4.74 Å². The van der Waals surface area contributed by atoms with Crippen molar-refractivity contribution in [3.63, 3.8) is 0 Å². The van der Waals surface area contributed by atoms with Crippen molar-refractivity contribution in [3.05, 3.63) is 34.1 Å². The Bertz CT molecular complexity index is 493. The highest BCUT2D eigenvalue weighted by atomic mass is 19.1. The number of hydrogen-bond acceptors (Lipinski definition) is 4. The molecule has 1 aromatic rings. The first-order valence-electron chi connectivity index (χ1n) is 5.89. The summed E-state index contributed by atoms with van der Waals surface area (Å²) < 4.78 is 24.3. The minimum Gasteiger partial charge on any atom is -0.481 e. The van der Waals surface area contributed by atoms with Crippen molar-refractivity contribution in [2.45, 2.75) is 37.6 Å². The molecule has 2 heterocycles. The van der Waals surface area contributed by atoms with Crippen molar-refractivity contribution in [3.8, 4) is 5.75 Å². The molecule has 2 aliphatic rings. The molecule has 0 saturated carbocycles. The van der Waals surface area contributed by atoms with Crippen LogP contribution in [0.2, 0.25) is 0 Å². The van der Waals surface area contributed by atoms with E-state index in [0.29, 0.717) is 0 Å². The van der Waals surface area contributed by atoms with E-state index < -0.39 is 10.7 Å². The van der Waals surface area contributed by atoms with Crippen LogP contribution in [0, 0.1) is 15.9 Å². The summed E-state index contributed by atoms with van der Waals surface area (Å²) in [4.78, 5) is 10.3. The molecule has 0 aliphatic carbocycles. The van der Waals surface area contributed by atoms with Crippen LogP contribution in [0.5, 0.6) is 5.75 Å². The van der Waals surface area contributed by atoms with Gasteiger partial charge in [0.2, 0.25) is 0 Å². The molecular weight excluding hydrogens is 241 g/mol. The van der Waals surface area contributed by atoms with Gasteiger partial charge in [0.05, 0.1) is 17.1 Å². The van der Waals surface area contributed by atoms with Crippen molar-refractivity contribution >= 4 is 5.69 Å². The molecular formula is C12H12FNO4. The predicted octanol–water partition coefficient (Wildman–Crippen LogP) is 2.43. The van der Waals surface area contributed by atoms with Crippen molar-refractivity contribution in [2.24, 2.45) is 0 Å². The Labute approximate surface area is 103 Å². The quantitative estimate of drug-likeness (QED) is 0.613. The monoisotopic (exact) mass is 253 g/mol. The smallest absolute Gasteiger partial charge is 0.311 e. The lowest BCUT2D eigenvalue weighted by atomic mass is 9.98. The van der Waals surface area contributed by atoms with E-state index in [0.717, 1.165) is 37.5 Å². The van der Waals surface area contributed by atoms with Gasteiger partial charge in [-0.2, -0.15) is 0 Å². The normalized spacial score (nSPS) is 29.5. The van der Waals surface area contributed by atoms with Crippen LogP contribution in [-0.4, -0.2) is 23.2 Å².